The highest BCUT2D eigenvalue weighted by Crippen LogP contribution is 2.21. The van der Waals surface area contributed by atoms with E-state index in [1.807, 2.05) is 18.2 Å². The molecule has 10 nitrogen and oxygen atoms in total. The lowest BCUT2D eigenvalue weighted by molar-refractivity contribution is 0.369. The molecule has 3 aromatic heterocycles. The molecule has 0 saturated heterocycles. The molecule has 0 atom stereocenters. The van der Waals surface area contributed by atoms with Crippen molar-refractivity contribution in [3.8, 4) is 17.1 Å². The molecule has 0 amide bonds. The Morgan fingerprint density at radius 3 is 2.84 bits per heavy atom. The number of hydrogen-bond donors (Lipinski definition) is 0. The van der Waals surface area contributed by atoms with Gasteiger partial charge in [0.05, 0.1) is 13.7 Å². The molecule has 0 aliphatic heterocycles. The van der Waals surface area contributed by atoms with E-state index >= 15 is 0 Å². The van der Waals surface area contributed by atoms with Crippen molar-refractivity contribution in [1.82, 2.24) is 34.7 Å². The molecule has 0 radical (unpaired) electrons. The second-order valence-corrected chi connectivity index (χ2v) is 6.97. The first-order chi connectivity index (χ1) is 15.6. The molecule has 2 aromatic carbocycles. The van der Waals surface area contributed by atoms with Crippen LogP contribution in [0, 0.1) is 5.82 Å². The number of rotatable bonds is 6. The second-order valence-electron chi connectivity index (χ2n) is 6.97. The van der Waals surface area contributed by atoms with Crippen molar-refractivity contribution < 1.29 is 13.7 Å². The van der Waals surface area contributed by atoms with Crippen LogP contribution in [0.15, 0.2) is 64.2 Å². The summed E-state index contributed by atoms with van der Waals surface area (Å²) in [4.78, 5) is 21.5. The molecular weight excluding hydrogens is 417 g/mol. The van der Waals surface area contributed by atoms with Crippen molar-refractivity contribution in [2.75, 3.05) is 7.11 Å². The summed E-state index contributed by atoms with van der Waals surface area (Å²) in [6, 6.07) is 13.4. The molecule has 32 heavy (non-hydrogen) atoms. The zero-order chi connectivity index (χ0) is 22.1. The predicted molar refractivity (Wildman–Crippen MR) is 110 cm³/mol. The zero-order valence-electron chi connectivity index (χ0n) is 16.8. The maximum absolute atomic E-state index is 13.4. The Bertz CT molecular complexity index is 1470. The van der Waals surface area contributed by atoms with Gasteiger partial charge in [-0.1, -0.05) is 34.6 Å². The lowest BCUT2D eigenvalue weighted by Gasteiger charge is -2.03. The van der Waals surface area contributed by atoms with Crippen LogP contribution in [0.2, 0.25) is 0 Å². The average molecular weight is 433 g/mol. The Morgan fingerprint density at radius 1 is 1.12 bits per heavy atom. The number of hydrogen-bond acceptors (Lipinski definition) is 8. The minimum atomic E-state index is -0.401. The molecule has 0 fully saturated rings. The number of fused-ring (bicyclic) bond motifs is 1. The molecule has 5 aromatic rings. The summed E-state index contributed by atoms with van der Waals surface area (Å²) in [5.41, 5.74) is 1.40. The second kappa shape index (κ2) is 8.02. The van der Waals surface area contributed by atoms with E-state index in [4.69, 9.17) is 9.26 Å². The van der Waals surface area contributed by atoms with Crippen molar-refractivity contribution in [1.29, 1.82) is 0 Å². The van der Waals surface area contributed by atoms with Crippen LogP contribution >= 0.6 is 0 Å². The predicted octanol–water partition coefficient (Wildman–Crippen LogP) is 2.28. The van der Waals surface area contributed by atoms with Crippen LogP contribution < -0.4 is 10.3 Å². The lowest BCUT2D eigenvalue weighted by Crippen LogP contribution is -2.21. The van der Waals surface area contributed by atoms with Gasteiger partial charge in [-0.25, -0.2) is 14.1 Å². The maximum Gasteiger partial charge on any atom is 0.283 e. The van der Waals surface area contributed by atoms with Crippen LogP contribution in [-0.4, -0.2) is 41.8 Å². The molecule has 11 heteroatoms. The fraction of sp³-hybridized carbons (Fsp3) is 0.143. The number of nitrogens with zero attached hydrogens (tertiary/aromatic N) is 7. The summed E-state index contributed by atoms with van der Waals surface area (Å²) < 4.78 is 26.7. The number of halogens is 1. The van der Waals surface area contributed by atoms with E-state index in [-0.39, 0.29) is 30.3 Å². The van der Waals surface area contributed by atoms with Gasteiger partial charge in [0.25, 0.3) is 5.56 Å². The van der Waals surface area contributed by atoms with Gasteiger partial charge in [0.15, 0.2) is 11.2 Å². The number of ether oxygens (including phenoxy) is 1. The fourth-order valence-electron chi connectivity index (χ4n) is 3.26. The van der Waals surface area contributed by atoms with Gasteiger partial charge in [0, 0.05) is 5.56 Å². The Labute approximate surface area is 179 Å². The van der Waals surface area contributed by atoms with Crippen molar-refractivity contribution in [2.45, 2.75) is 13.1 Å². The van der Waals surface area contributed by atoms with Crippen LogP contribution in [0.1, 0.15) is 11.5 Å². The highest BCUT2D eigenvalue weighted by atomic mass is 19.1. The van der Waals surface area contributed by atoms with Gasteiger partial charge in [-0.05, 0) is 29.8 Å². The normalized spacial score (nSPS) is 11.2. The van der Waals surface area contributed by atoms with Crippen molar-refractivity contribution in [2.24, 2.45) is 0 Å². The van der Waals surface area contributed by atoms with Gasteiger partial charge in [-0.3, -0.25) is 9.36 Å². The molecule has 3 heterocycles. The van der Waals surface area contributed by atoms with Gasteiger partial charge in [0.2, 0.25) is 11.7 Å². The molecular formula is C21H16FN7O3. The third-order valence-corrected chi connectivity index (χ3v) is 4.81. The average Bonchev–Trinajstić information content (AvgIpc) is 3.43. The van der Waals surface area contributed by atoms with Crippen LogP contribution in [0.25, 0.3) is 22.6 Å². The van der Waals surface area contributed by atoms with Gasteiger partial charge in [-0.15, -0.1) is 5.10 Å². The molecule has 5 rings (SSSR count). The van der Waals surface area contributed by atoms with E-state index in [0.29, 0.717) is 22.8 Å². The van der Waals surface area contributed by atoms with Crippen molar-refractivity contribution in [3.63, 3.8) is 0 Å². The van der Waals surface area contributed by atoms with Gasteiger partial charge in [0.1, 0.15) is 24.4 Å². The van der Waals surface area contributed by atoms with Gasteiger partial charge >= 0.3 is 0 Å². The van der Waals surface area contributed by atoms with Crippen LogP contribution in [-0.2, 0) is 13.1 Å². The Kier molecular flexibility index (Phi) is 4.90. The molecule has 0 bridgehead atoms. The summed E-state index contributed by atoms with van der Waals surface area (Å²) in [5.74, 6) is 0.927. The third-order valence-electron chi connectivity index (χ3n) is 4.81. The quantitative estimate of drug-likeness (QED) is 0.401. The smallest absolute Gasteiger partial charge is 0.283 e. The molecule has 0 unspecified atom stereocenters. The minimum Gasteiger partial charge on any atom is -0.497 e. The molecule has 0 spiro atoms. The highest BCUT2D eigenvalue weighted by Gasteiger charge is 2.15. The third kappa shape index (κ3) is 3.71. The first-order valence-corrected chi connectivity index (χ1v) is 9.61. The monoisotopic (exact) mass is 433 g/mol. The molecule has 0 aliphatic carbocycles. The van der Waals surface area contributed by atoms with E-state index in [1.165, 1.54) is 27.7 Å². The van der Waals surface area contributed by atoms with Crippen LogP contribution in [0.5, 0.6) is 5.75 Å². The van der Waals surface area contributed by atoms with E-state index < -0.39 is 5.56 Å². The summed E-state index contributed by atoms with van der Waals surface area (Å²) in [6.45, 7) is 0.258. The van der Waals surface area contributed by atoms with Crippen molar-refractivity contribution >= 4 is 11.2 Å². The van der Waals surface area contributed by atoms with Gasteiger partial charge < -0.3 is 9.26 Å². The number of benzene rings is 2. The molecule has 0 aliphatic rings. The van der Waals surface area contributed by atoms with E-state index in [1.54, 1.807) is 25.3 Å². The Balaban J connectivity index is 1.40. The van der Waals surface area contributed by atoms with E-state index in [9.17, 15) is 9.18 Å². The lowest BCUT2D eigenvalue weighted by atomic mass is 10.2. The molecule has 160 valence electrons. The van der Waals surface area contributed by atoms with E-state index in [0.717, 1.165) is 5.56 Å². The zero-order valence-corrected chi connectivity index (χ0v) is 16.8. The molecule has 0 N–H and O–H groups in total. The topological polar surface area (TPSA) is 114 Å². The van der Waals surface area contributed by atoms with Crippen LogP contribution in [0.3, 0.4) is 0 Å². The summed E-state index contributed by atoms with van der Waals surface area (Å²) >= 11 is 0. The fourth-order valence-corrected chi connectivity index (χ4v) is 3.26. The summed E-state index contributed by atoms with van der Waals surface area (Å²) in [6.07, 6.45) is 1.37. The first kappa shape index (κ1) is 19.5. The standard InChI is InChI=1S/C21H16FN7O3/c1-31-16-7-3-5-14(9-16)19-24-17(32-26-19)11-28-12-23-20-18(21(28)30)25-27-29(20)10-13-4-2-6-15(22)8-13/h2-9,12H,10-11H2,1H3. The summed E-state index contributed by atoms with van der Waals surface area (Å²) in [5, 5.41) is 11.9. The molecule has 0 saturated carbocycles. The summed E-state index contributed by atoms with van der Waals surface area (Å²) in [7, 11) is 1.57. The largest absolute Gasteiger partial charge is 0.497 e. The first-order valence-electron chi connectivity index (χ1n) is 9.61. The van der Waals surface area contributed by atoms with Crippen LogP contribution in [0.4, 0.5) is 4.39 Å². The Morgan fingerprint density at radius 2 is 2.00 bits per heavy atom. The highest BCUT2D eigenvalue weighted by molar-refractivity contribution is 5.67. The maximum atomic E-state index is 13.4. The minimum absolute atomic E-state index is 0.0233. The van der Waals surface area contributed by atoms with Crippen molar-refractivity contribution in [3.05, 3.63) is 82.5 Å². The SMILES string of the molecule is COc1cccc(-c2noc(Cn3cnc4c(nnn4Cc4cccc(F)c4)c3=O)n2)c1. The number of methoxy groups -OCH3 is 1. The van der Waals surface area contributed by atoms with Gasteiger partial charge in [-0.2, -0.15) is 4.98 Å². The number of aromatic nitrogens is 7. The Hall–Kier alpha value is -4.41. The van der Waals surface area contributed by atoms with E-state index in [2.05, 4.69) is 25.4 Å².